The standard InChI is InChI=1S/C12H7FN2O/c13-8-4-3-5-9-11(8)12(16)15-7-2-1-6-10(15)14-9/h1-7H. The van der Waals surface area contributed by atoms with Gasteiger partial charge in [-0.15, -0.1) is 0 Å². The van der Waals surface area contributed by atoms with Crippen LogP contribution in [0.25, 0.3) is 16.6 Å². The normalized spacial score (nSPS) is 11.1. The van der Waals surface area contributed by atoms with Crippen LogP contribution in [0.15, 0.2) is 47.4 Å². The Bertz CT molecular complexity index is 749. The highest BCUT2D eigenvalue weighted by molar-refractivity contribution is 5.80. The molecule has 0 fully saturated rings. The molecule has 0 bridgehead atoms. The first-order valence-corrected chi connectivity index (χ1v) is 4.83. The lowest BCUT2D eigenvalue weighted by Crippen LogP contribution is -2.15. The second kappa shape index (κ2) is 3.13. The summed E-state index contributed by atoms with van der Waals surface area (Å²) in [5.74, 6) is -0.534. The van der Waals surface area contributed by atoms with E-state index in [1.807, 2.05) is 0 Å². The number of benzene rings is 1. The van der Waals surface area contributed by atoms with Crippen LogP contribution >= 0.6 is 0 Å². The van der Waals surface area contributed by atoms with E-state index in [4.69, 9.17) is 0 Å². The Balaban J connectivity index is 2.67. The Morgan fingerprint density at radius 3 is 2.88 bits per heavy atom. The molecule has 0 unspecified atom stereocenters. The number of rotatable bonds is 0. The van der Waals surface area contributed by atoms with E-state index in [2.05, 4.69) is 4.98 Å². The number of pyridine rings is 1. The average Bonchev–Trinajstić information content (AvgIpc) is 2.29. The molecule has 0 radical (unpaired) electrons. The van der Waals surface area contributed by atoms with Crippen LogP contribution in [0.2, 0.25) is 0 Å². The highest BCUT2D eigenvalue weighted by Gasteiger charge is 2.08. The minimum Gasteiger partial charge on any atom is -0.268 e. The summed E-state index contributed by atoms with van der Waals surface area (Å²) in [6.07, 6.45) is 1.58. The monoisotopic (exact) mass is 214 g/mol. The van der Waals surface area contributed by atoms with Gasteiger partial charge in [0.15, 0.2) is 0 Å². The van der Waals surface area contributed by atoms with Gasteiger partial charge in [-0.05, 0) is 24.3 Å². The molecule has 4 heteroatoms. The maximum Gasteiger partial charge on any atom is 0.268 e. The SMILES string of the molecule is O=c1c2c(F)cccc2nc2ccccn12. The first kappa shape index (κ1) is 9.03. The van der Waals surface area contributed by atoms with Crippen LogP contribution in [0.3, 0.4) is 0 Å². The van der Waals surface area contributed by atoms with E-state index < -0.39 is 5.82 Å². The average molecular weight is 214 g/mol. The highest BCUT2D eigenvalue weighted by atomic mass is 19.1. The molecule has 16 heavy (non-hydrogen) atoms. The molecule has 0 aliphatic carbocycles. The third kappa shape index (κ3) is 1.13. The number of hydrogen-bond acceptors (Lipinski definition) is 2. The molecule has 3 aromatic rings. The van der Waals surface area contributed by atoms with Crippen molar-refractivity contribution in [2.45, 2.75) is 0 Å². The Morgan fingerprint density at radius 2 is 2.00 bits per heavy atom. The van der Waals surface area contributed by atoms with Crippen molar-refractivity contribution in [3.8, 4) is 0 Å². The zero-order valence-electron chi connectivity index (χ0n) is 8.22. The number of hydrogen-bond donors (Lipinski definition) is 0. The lowest BCUT2D eigenvalue weighted by Gasteiger charge is -2.02. The van der Waals surface area contributed by atoms with Crippen molar-refractivity contribution in [1.82, 2.24) is 9.38 Å². The van der Waals surface area contributed by atoms with Crippen molar-refractivity contribution in [3.05, 3.63) is 58.8 Å². The van der Waals surface area contributed by atoms with Crippen LogP contribution in [-0.2, 0) is 0 Å². The molecule has 0 saturated heterocycles. The van der Waals surface area contributed by atoms with E-state index in [0.717, 1.165) is 0 Å². The quantitative estimate of drug-likeness (QED) is 0.536. The Kier molecular flexibility index (Phi) is 1.77. The molecule has 0 saturated carbocycles. The smallest absolute Gasteiger partial charge is 0.268 e. The molecule has 3 rings (SSSR count). The Hall–Kier alpha value is -2.23. The summed E-state index contributed by atoms with van der Waals surface area (Å²) in [5, 5.41) is 0.0335. The van der Waals surface area contributed by atoms with Crippen LogP contribution in [0.5, 0.6) is 0 Å². The van der Waals surface area contributed by atoms with E-state index in [9.17, 15) is 9.18 Å². The highest BCUT2D eigenvalue weighted by Crippen LogP contribution is 2.12. The second-order valence-electron chi connectivity index (χ2n) is 3.48. The van der Waals surface area contributed by atoms with E-state index in [1.54, 1.807) is 36.5 Å². The van der Waals surface area contributed by atoms with Crippen LogP contribution < -0.4 is 5.56 Å². The van der Waals surface area contributed by atoms with Crippen molar-refractivity contribution >= 4 is 16.6 Å². The summed E-state index contributed by atoms with van der Waals surface area (Å²) < 4.78 is 14.9. The predicted molar refractivity (Wildman–Crippen MR) is 58.9 cm³/mol. The number of nitrogens with zero attached hydrogens (tertiary/aromatic N) is 2. The summed E-state index contributed by atoms with van der Waals surface area (Å²) in [7, 11) is 0. The van der Waals surface area contributed by atoms with Gasteiger partial charge in [-0.2, -0.15) is 0 Å². The van der Waals surface area contributed by atoms with E-state index >= 15 is 0 Å². The molecule has 0 aliphatic heterocycles. The minimum absolute atomic E-state index is 0.0335. The second-order valence-corrected chi connectivity index (χ2v) is 3.48. The molecule has 3 nitrogen and oxygen atoms in total. The molecular formula is C12H7FN2O. The minimum atomic E-state index is -0.534. The van der Waals surface area contributed by atoms with Gasteiger partial charge in [0.2, 0.25) is 0 Å². The van der Waals surface area contributed by atoms with Crippen LogP contribution in [0.1, 0.15) is 0 Å². The number of fused-ring (bicyclic) bond motifs is 2. The summed E-state index contributed by atoms with van der Waals surface area (Å²) in [4.78, 5) is 16.2. The zero-order valence-corrected chi connectivity index (χ0v) is 8.22. The van der Waals surface area contributed by atoms with Gasteiger partial charge >= 0.3 is 0 Å². The summed E-state index contributed by atoms with van der Waals surface area (Å²) >= 11 is 0. The maximum absolute atomic E-state index is 13.5. The molecule has 1 aromatic carbocycles. The van der Waals surface area contributed by atoms with E-state index in [1.165, 1.54) is 10.5 Å². The third-order valence-electron chi connectivity index (χ3n) is 2.50. The fraction of sp³-hybridized carbons (Fsp3) is 0. The van der Waals surface area contributed by atoms with Gasteiger partial charge in [0, 0.05) is 6.20 Å². The van der Waals surface area contributed by atoms with Crippen molar-refractivity contribution in [2.24, 2.45) is 0 Å². The summed E-state index contributed by atoms with van der Waals surface area (Å²) in [5.41, 5.74) is 0.528. The molecule has 0 N–H and O–H groups in total. The number of aromatic nitrogens is 2. The third-order valence-corrected chi connectivity index (χ3v) is 2.50. The lowest BCUT2D eigenvalue weighted by atomic mass is 10.2. The van der Waals surface area contributed by atoms with Gasteiger partial charge in [-0.25, -0.2) is 9.37 Å². The first-order valence-electron chi connectivity index (χ1n) is 4.83. The molecule has 0 atom stereocenters. The predicted octanol–water partition coefficient (Wildman–Crippen LogP) is 1.99. The Labute approximate surface area is 89.8 Å². The summed E-state index contributed by atoms with van der Waals surface area (Å²) in [6.45, 7) is 0. The molecule has 78 valence electrons. The van der Waals surface area contributed by atoms with Crippen molar-refractivity contribution in [2.75, 3.05) is 0 Å². The van der Waals surface area contributed by atoms with Crippen LogP contribution in [0.4, 0.5) is 4.39 Å². The molecule has 0 amide bonds. The fourth-order valence-corrected chi connectivity index (χ4v) is 1.76. The van der Waals surface area contributed by atoms with Gasteiger partial charge in [-0.1, -0.05) is 12.1 Å². The largest absolute Gasteiger partial charge is 0.268 e. The molecule has 2 heterocycles. The van der Waals surface area contributed by atoms with Crippen molar-refractivity contribution in [1.29, 1.82) is 0 Å². The van der Waals surface area contributed by atoms with Gasteiger partial charge in [0.25, 0.3) is 5.56 Å². The van der Waals surface area contributed by atoms with Gasteiger partial charge in [-0.3, -0.25) is 9.20 Å². The molecule has 0 spiro atoms. The lowest BCUT2D eigenvalue weighted by molar-refractivity contribution is 0.638. The van der Waals surface area contributed by atoms with Crippen LogP contribution in [0, 0.1) is 5.82 Å². The summed E-state index contributed by atoms with van der Waals surface area (Å²) in [6, 6.07) is 9.65. The Morgan fingerprint density at radius 1 is 1.12 bits per heavy atom. The van der Waals surface area contributed by atoms with Crippen molar-refractivity contribution in [3.63, 3.8) is 0 Å². The zero-order chi connectivity index (χ0) is 11.1. The maximum atomic E-state index is 13.5. The van der Waals surface area contributed by atoms with Crippen molar-refractivity contribution < 1.29 is 4.39 Å². The fourth-order valence-electron chi connectivity index (χ4n) is 1.76. The number of halogens is 1. The molecule has 2 aromatic heterocycles. The van der Waals surface area contributed by atoms with Crippen LogP contribution in [-0.4, -0.2) is 9.38 Å². The van der Waals surface area contributed by atoms with E-state index in [0.29, 0.717) is 11.2 Å². The first-order chi connectivity index (χ1) is 7.77. The molecular weight excluding hydrogens is 207 g/mol. The van der Waals surface area contributed by atoms with Gasteiger partial charge in [0.05, 0.1) is 5.52 Å². The topological polar surface area (TPSA) is 34.4 Å². The van der Waals surface area contributed by atoms with E-state index in [-0.39, 0.29) is 10.9 Å². The molecule has 0 aliphatic rings. The van der Waals surface area contributed by atoms with Gasteiger partial charge in [0.1, 0.15) is 16.9 Å². The van der Waals surface area contributed by atoms with Gasteiger partial charge < -0.3 is 0 Å².